The van der Waals surface area contributed by atoms with Gasteiger partial charge in [-0.3, -0.25) is 9.59 Å². The van der Waals surface area contributed by atoms with Crippen LogP contribution in [0.3, 0.4) is 0 Å². The summed E-state index contributed by atoms with van der Waals surface area (Å²) in [6.07, 6.45) is 0.784. The second-order valence-corrected chi connectivity index (χ2v) is 8.09. The molecule has 0 bridgehead atoms. The van der Waals surface area contributed by atoms with Crippen LogP contribution in [0.5, 0.6) is 0 Å². The molecule has 1 saturated heterocycles. The zero-order valence-corrected chi connectivity index (χ0v) is 17.4. The van der Waals surface area contributed by atoms with Crippen molar-refractivity contribution in [1.29, 1.82) is 0 Å². The Hall–Kier alpha value is -3.10. The molecule has 0 radical (unpaired) electrons. The molecule has 7 nitrogen and oxygen atoms in total. The van der Waals surface area contributed by atoms with Crippen LogP contribution in [-0.4, -0.2) is 68.3 Å². The molecule has 2 aliphatic heterocycles. The number of nitrogens with one attached hydrogen (secondary N) is 3. The van der Waals surface area contributed by atoms with Gasteiger partial charge in [-0.2, -0.15) is 5.10 Å². The molecular weight excluding hydrogens is 397 g/mol. The van der Waals surface area contributed by atoms with Crippen molar-refractivity contribution in [2.75, 3.05) is 51.1 Å². The number of rotatable bonds is 6. The molecule has 1 fully saturated rings. The fourth-order valence-corrected chi connectivity index (χ4v) is 4.05. The Balaban J connectivity index is 1.20. The molecule has 0 spiro atoms. The Morgan fingerprint density at radius 2 is 1.58 bits per heavy atom. The van der Waals surface area contributed by atoms with E-state index >= 15 is 0 Å². The van der Waals surface area contributed by atoms with Crippen LogP contribution in [0.25, 0.3) is 0 Å². The Morgan fingerprint density at radius 3 is 2.26 bits per heavy atom. The van der Waals surface area contributed by atoms with E-state index in [2.05, 4.69) is 10.4 Å². The average molecular weight is 426 g/mol. The number of amides is 2. The number of nitrogens with zero attached hydrogens (tertiary/aromatic N) is 2. The van der Waals surface area contributed by atoms with Crippen molar-refractivity contribution in [3.05, 3.63) is 66.0 Å². The average Bonchev–Trinajstić information content (AvgIpc) is 3.28. The number of anilines is 1. The Labute approximate surface area is 181 Å². The van der Waals surface area contributed by atoms with E-state index in [1.807, 2.05) is 30.3 Å². The van der Waals surface area contributed by atoms with Crippen LogP contribution in [0.15, 0.2) is 59.7 Å². The molecule has 4 rings (SSSR count). The van der Waals surface area contributed by atoms with Gasteiger partial charge in [0.25, 0.3) is 11.8 Å². The number of hydrogen-bond donors (Lipinski definition) is 3. The van der Waals surface area contributed by atoms with Crippen LogP contribution in [0.1, 0.15) is 12.0 Å². The standard InChI is InChI=1S/C23H26FN5O2/c24-19-6-8-20(9-7-19)25-22(30)16-27-12-14-28(15-13-27)17-23(31)29-11-10-21(26-29)18-4-2-1-3-5-18/h1-9H,10-17H2,(H,25,30)/p+2. The van der Waals surface area contributed by atoms with Gasteiger partial charge in [-0.25, -0.2) is 9.40 Å². The number of carbonyl (C=O) groups excluding carboxylic acids is 2. The smallest absolute Gasteiger partial charge is 0.297 e. The highest BCUT2D eigenvalue weighted by atomic mass is 19.1. The van der Waals surface area contributed by atoms with Crippen molar-refractivity contribution >= 4 is 23.2 Å². The number of carbonyl (C=O) groups is 2. The van der Waals surface area contributed by atoms with E-state index in [9.17, 15) is 14.0 Å². The SMILES string of the molecule is O=C(C[NH+]1CC[NH+](CC(=O)N2CCC(c3ccccc3)=N2)CC1)Nc1ccc(F)cc1. The molecular formula is C23H28FN5O2+2. The molecule has 0 atom stereocenters. The second kappa shape index (κ2) is 9.80. The summed E-state index contributed by atoms with van der Waals surface area (Å²) in [5.74, 6) is -0.354. The third kappa shape index (κ3) is 5.74. The molecule has 0 aliphatic carbocycles. The van der Waals surface area contributed by atoms with E-state index in [4.69, 9.17) is 0 Å². The van der Waals surface area contributed by atoms with E-state index in [0.717, 1.165) is 43.9 Å². The maximum absolute atomic E-state index is 13.0. The first-order chi connectivity index (χ1) is 15.1. The van der Waals surface area contributed by atoms with Crippen LogP contribution in [0.4, 0.5) is 10.1 Å². The normalized spacial score (nSPS) is 20.9. The minimum atomic E-state index is -0.326. The Bertz CT molecular complexity index is 940. The first-order valence-electron chi connectivity index (χ1n) is 10.7. The number of benzene rings is 2. The quantitative estimate of drug-likeness (QED) is 0.566. The van der Waals surface area contributed by atoms with E-state index in [1.54, 1.807) is 17.1 Å². The predicted octanol–water partition coefficient (Wildman–Crippen LogP) is -0.816. The monoisotopic (exact) mass is 425 g/mol. The number of quaternary nitrogens is 2. The van der Waals surface area contributed by atoms with Gasteiger partial charge in [-0.05, 0) is 29.8 Å². The first-order valence-corrected chi connectivity index (χ1v) is 10.7. The van der Waals surface area contributed by atoms with E-state index in [0.29, 0.717) is 25.3 Å². The van der Waals surface area contributed by atoms with E-state index in [1.165, 1.54) is 21.9 Å². The highest BCUT2D eigenvalue weighted by Gasteiger charge is 2.29. The van der Waals surface area contributed by atoms with Crippen molar-refractivity contribution < 1.29 is 23.8 Å². The topological polar surface area (TPSA) is 70.7 Å². The zero-order valence-electron chi connectivity index (χ0n) is 17.4. The minimum Gasteiger partial charge on any atom is -0.321 e. The summed E-state index contributed by atoms with van der Waals surface area (Å²) in [5, 5.41) is 8.94. The van der Waals surface area contributed by atoms with Crippen LogP contribution < -0.4 is 15.1 Å². The van der Waals surface area contributed by atoms with Crippen LogP contribution in [-0.2, 0) is 9.59 Å². The lowest BCUT2D eigenvalue weighted by molar-refractivity contribution is -1.00. The number of hydrogen-bond acceptors (Lipinski definition) is 3. The third-order valence-corrected chi connectivity index (χ3v) is 5.80. The van der Waals surface area contributed by atoms with Crippen molar-refractivity contribution in [3.63, 3.8) is 0 Å². The molecule has 2 aromatic rings. The maximum atomic E-state index is 13.0. The lowest BCUT2D eigenvalue weighted by Crippen LogP contribution is -3.28. The fraction of sp³-hybridized carbons (Fsp3) is 0.348. The zero-order chi connectivity index (χ0) is 21.6. The van der Waals surface area contributed by atoms with Gasteiger partial charge in [0.2, 0.25) is 0 Å². The second-order valence-electron chi connectivity index (χ2n) is 8.09. The van der Waals surface area contributed by atoms with Crippen molar-refractivity contribution in [3.8, 4) is 0 Å². The predicted molar refractivity (Wildman–Crippen MR) is 115 cm³/mol. The molecule has 2 amide bonds. The Kier molecular flexibility index (Phi) is 6.69. The minimum absolute atomic E-state index is 0.0541. The van der Waals surface area contributed by atoms with Gasteiger partial charge in [0, 0.05) is 12.1 Å². The van der Waals surface area contributed by atoms with Crippen LogP contribution >= 0.6 is 0 Å². The molecule has 162 valence electrons. The van der Waals surface area contributed by atoms with Gasteiger partial charge >= 0.3 is 0 Å². The highest BCUT2D eigenvalue weighted by Crippen LogP contribution is 2.13. The maximum Gasteiger partial charge on any atom is 0.297 e. The first kappa shape index (κ1) is 21.1. The molecule has 0 unspecified atom stereocenters. The van der Waals surface area contributed by atoms with Crippen LogP contribution in [0.2, 0.25) is 0 Å². The van der Waals surface area contributed by atoms with Crippen LogP contribution in [0, 0.1) is 5.82 Å². The number of piperazine rings is 1. The molecule has 8 heteroatoms. The Morgan fingerprint density at radius 1 is 0.935 bits per heavy atom. The molecule has 31 heavy (non-hydrogen) atoms. The highest BCUT2D eigenvalue weighted by molar-refractivity contribution is 6.02. The molecule has 2 aromatic carbocycles. The molecule has 0 saturated carbocycles. The summed E-state index contributed by atoms with van der Waals surface area (Å²) in [7, 11) is 0. The van der Waals surface area contributed by atoms with Gasteiger partial charge in [-0.1, -0.05) is 30.3 Å². The van der Waals surface area contributed by atoms with E-state index < -0.39 is 0 Å². The summed E-state index contributed by atoms with van der Waals surface area (Å²) in [6, 6.07) is 15.7. The van der Waals surface area contributed by atoms with Gasteiger partial charge < -0.3 is 15.1 Å². The summed E-state index contributed by atoms with van der Waals surface area (Å²) in [5.41, 5.74) is 2.63. The largest absolute Gasteiger partial charge is 0.321 e. The third-order valence-electron chi connectivity index (χ3n) is 5.80. The number of hydrazone groups is 1. The molecule has 2 heterocycles. The lowest BCUT2D eigenvalue weighted by atomic mass is 10.1. The summed E-state index contributed by atoms with van der Waals surface area (Å²) in [6.45, 7) is 4.78. The van der Waals surface area contributed by atoms with Gasteiger partial charge in [0.05, 0.1) is 12.3 Å². The van der Waals surface area contributed by atoms with Crippen molar-refractivity contribution in [2.24, 2.45) is 5.10 Å². The molecule has 0 aromatic heterocycles. The van der Waals surface area contributed by atoms with Crippen molar-refractivity contribution in [2.45, 2.75) is 6.42 Å². The summed E-state index contributed by atoms with van der Waals surface area (Å²) >= 11 is 0. The van der Waals surface area contributed by atoms with Gasteiger partial charge in [0.15, 0.2) is 13.1 Å². The number of halogens is 1. The lowest BCUT2D eigenvalue weighted by Gasteiger charge is -2.29. The van der Waals surface area contributed by atoms with Crippen molar-refractivity contribution in [1.82, 2.24) is 5.01 Å². The van der Waals surface area contributed by atoms with E-state index in [-0.39, 0.29) is 17.6 Å². The fourth-order valence-electron chi connectivity index (χ4n) is 4.05. The van der Waals surface area contributed by atoms with Gasteiger partial charge in [-0.15, -0.1) is 0 Å². The molecule has 3 N–H and O–H groups in total. The molecule has 2 aliphatic rings. The summed E-state index contributed by atoms with van der Waals surface area (Å²) in [4.78, 5) is 27.3. The van der Waals surface area contributed by atoms with Gasteiger partial charge in [0.1, 0.15) is 32.0 Å². The summed E-state index contributed by atoms with van der Waals surface area (Å²) < 4.78 is 13.0.